The smallest absolute Gasteiger partial charge is 0.416 e. The van der Waals surface area contributed by atoms with Gasteiger partial charge in [0, 0.05) is 5.56 Å². The van der Waals surface area contributed by atoms with E-state index in [0.717, 1.165) is 12.1 Å². The van der Waals surface area contributed by atoms with Gasteiger partial charge in [0.1, 0.15) is 11.4 Å². The number of alkyl halides is 3. The number of benzene rings is 1. The van der Waals surface area contributed by atoms with Gasteiger partial charge in [-0.1, -0.05) is 20.8 Å². The van der Waals surface area contributed by atoms with Crippen LogP contribution in [0.25, 0.3) is 0 Å². The molecule has 1 aliphatic carbocycles. The fourth-order valence-corrected chi connectivity index (χ4v) is 2.93. The van der Waals surface area contributed by atoms with Crippen LogP contribution in [0.3, 0.4) is 0 Å². The monoisotopic (exact) mass is 318 g/mol. The Labute approximate surface area is 126 Å². The lowest BCUT2D eigenvalue weighted by molar-refractivity contribution is -0.165. The van der Waals surface area contributed by atoms with Gasteiger partial charge in [0.15, 0.2) is 0 Å². The second kappa shape index (κ2) is 5.56. The summed E-state index contributed by atoms with van der Waals surface area (Å²) in [7, 11) is 0. The minimum absolute atomic E-state index is 0.0428. The van der Waals surface area contributed by atoms with Crippen LogP contribution in [-0.2, 0) is 27.7 Å². The van der Waals surface area contributed by atoms with Gasteiger partial charge >= 0.3 is 12.1 Å². The number of halogens is 4. The quantitative estimate of drug-likeness (QED) is 0.601. The third-order valence-corrected chi connectivity index (χ3v) is 4.14. The normalized spacial score (nSPS) is 21.1. The van der Waals surface area contributed by atoms with E-state index in [0.29, 0.717) is 0 Å². The number of rotatable bonds is 3. The van der Waals surface area contributed by atoms with E-state index in [1.807, 2.05) is 0 Å². The molecule has 2 nitrogen and oxygen atoms in total. The summed E-state index contributed by atoms with van der Waals surface area (Å²) >= 11 is 0. The van der Waals surface area contributed by atoms with Gasteiger partial charge in [0.2, 0.25) is 0 Å². The van der Waals surface area contributed by atoms with Crippen LogP contribution in [0.15, 0.2) is 12.1 Å². The largest absolute Gasteiger partial charge is 0.454 e. The highest BCUT2D eigenvalue weighted by atomic mass is 19.4. The lowest BCUT2D eigenvalue weighted by Crippen LogP contribution is -2.32. The van der Waals surface area contributed by atoms with Crippen LogP contribution in [0, 0.1) is 11.7 Å². The first-order valence-corrected chi connectivity index (χ1v) is 7.24. The molecule has 2 rings (SSSR count). The van der Waals surface area contributed by atoms with Crippen molar-refractivity contribution in [1.29, 1.82) is 0 Å². The maximum Gasteiger partial charge on any atom is 0.416 e. The Morgan fingerprint density at radius 2 is 2.00 bits per heavy atom. The van der Waals surface area contributed by atoms with Gasteiger partial charge in [-0.15, -0.1) is 0 Å². The molecular formula is C16H18F4O2. The first-order chi connectivity index (χ1) is 10.1. The Kier molecular flexibility index (Phi) is 4.24. The lowest BCUT2D eigenvalue weighted by atomic mass is 9.90. The summed E-state index contributed by atoms with van der Waals surface area (Å²) in [6, 6.07) is 1.56. The van der Waals surface area contributed by atoms with Crippen LogP contribution in [0.1, 0.15) is 50.3 Å². The van der Waals surface area contributed by atoms with Gasteiger partial charge in [-0.25, -0.2) is 4.39 Å². The molecule has 0 amide bonds. The number of hydrogen-bond acceptors (Lipinski definition) is 2. The molecule has 0 saturated carbocycles. The molecule has 0 radical (unpaired) electrons. The summed E-state index contributed by atoms with van der Waals surface area (Å²) in [6.45, 7) is 4.94. The van der Waals surface area contributed by atoms with E-state index < -0.39 is 35.0 Å². The molecule has 1 atom stereocenters. The Balaban J connectivity index is 2.57. The predicted octanol–water partition coefficient (Wildman–Crippen LogP) is 4.60. The average Bonchev–Trinajstić information content (AvgIpc) is 2.78. The summed E-state index contributed by atoms with van der Waals surface area (Å²) in [4.78, 5) is 11.9. The molecule has 122 valence electrons. The van der Waals surface area contributed by atoms with Gasteiger partial charge in [-0.05, 0) is 37.0 Å². The van der Waals surface area contributed by atoms with Gasteiger partial charge in [-0.2, -0.15) is 13.2 Å². The number of carbonyl (C=O) groups is 1. The highest BCUT2D eigenvalue weighted by Gasteiger charge is 2.47. The van der Waals surface area contributed by atoms with E-state index >= 15 is 0 Å². The molecule has 0 heterocycles. The highest BCUT2D eigenvalue weighted by molar-refractivity contribution is 5.72. The first-order valence-electron chi connectivity index (χ1n) is 7.24. The zero-order valence-corrected chi connectivity index (χ0v) is 12.7. The van der Waals surface area contributed by atoms with Crippen LogP contribution in [0.5, 0.6) is 0 Å². The Bertz CT molecular complexity index is 593. The lowest BCUT2D eigenvalue weighted by Gasteiger charge is -2.30. The second-order valence-electron chi connectivity index (χ2n) is 5.87. The Morgan fingerprint density at radius 1 is 1.36 bits per heavy atom. The van der Waals surface area contributed by atoms with Crippen molar-refractivity contribution in [3.63, 3.8) is 0 Å². The molecule has 0 aliphatic heterocycles. The van der Waals surface area contributed by atoms with Crippen LogP contribution < -0.4 is 0 Å². The molecule has 0 aromatic heterocycles. The van der Waals surface area contributed by atoms with E-state index in [1.165, 1.54) is 0 Å². The number of fused-ring (bicyclic) bond motifs is 1. The highest BCUT2D eigenvalue weighted by Crippen LogP contribution is 2.48. The summed E-state index contributed by atoms with van der Waals surface area (Å²) in [6.07, 6.45) is -4.11. The van der Waals surface area contributed by atoms with Crippen LogP contribution >= 0.6 is 0 Å². The number of esters is 1. The predicted molar refractivity (Wildman–Crippen MR) is 72.6 cm³/mol. The minimum atomic E-state index is -4.55. The van der Waals surface area contributed by atoms with E-state index in [1.54, 1.807) is 20.8 Å². The number of ether oxygens (including phenoxy) is 1. The minimum Gasteiger partial charge on any atom is -0.454 e. The maximum atomic E-state index is 14.2. The topological polar surface area (TPSA) is 26.3 Å². The van der Waals surface area contributed by atoms with Gasteiger partial charge in [0.05, 0.1) is 11.5 Å². The number of hydrogen-bond donors (Lipinski definition) is 0. The molecule has 0 fully saturated rings. The van der Waals surface area contributed by atoms with Crippen LogP contribution in [0.2, 0.25) is 0 Å². The van der Waals surface area contributed by atoms with E-state index in [2.05, 4.69) is 0 Å². The molecule has 1 aromatic carbocycles. The van der Waals surface area contributed by atoms with E-state index in [4.69, 9.17) is 4.74 Å². The molecule has 1 aliphatic rings. The third-order valence-electron chi connectivity index (χ3n) is 4.14. The molecular weight excluding hydrogens is 300 g/mol. The van der Waals surface area contributed by atoms with Gasteiger partial charge in [-0.3, -0.25) is 4.79 Å². The molecule has 0 N–H and O–H groups in total. The fraction of sp³-hybridized carbons (Fsp3) is 0.562. The SMILES string of the molecule is CCC1(OC(=O)C(C)C)CCc2c(C(F)(F)F)ccc(F)c21. The standard InChI is InChI=1S/C16H18F4O2/c1-4-15(22-14(21)9(2)3)8-7-10-11(16(18,19)20)5-6-12(17)13(10)15/h5-6,9H,4,7-8H2,1-3H3. The van der Waals surface area contributed by atoms with Crippen molar-refractivity contribution in [2.45, 2.75) is 51.8 Å². The second-order valence-corrected chi connectivity index (χ2v) is 5.87. The van der Waals surface area contributed by atoms with Crippen molar-refractivity contribution in [1.82, 2.24) is 0 Å². The Morgan fingerprint density at radius 3 is 2.50 bits per heavy atom. The first kappa shape index (κ1) is 16.8. The molecule has 0 bridgehead atoms. The van der Waals surface area contributed by atoms with E-state index in [-0.39, 0.29) is 30.4 Å². The van der Waals surface area contributed by atoms with Gasteiger partial charge in [0.25, 0.3) is 0 Å². The molecule has 22 heavy (non-hydrogen) atoms. The van der Waals surface area contributed by atoms with Crippen molar-refractivity contribution < 1.29 is 27.1 Å². The summed E-state index contributed by atoms with van der Waals surface area (Å²) in [5, 5.41) is 0. The van der Waals surface area contributed by atoms with Crippen molar-refractivity contribution in [2.75, 3.05) is 0 Å². The van der Waals surface area contributed by atoms with Crippen molar-refractivity contribution in [2.24, 2.45) is 5.92 Å². The third kappa shape index (κ3) is 2.71. The van der Waals surface area contributed by atoms with Crippen molar-refractivity contribution in [3.05, 3.63) is 34.6 Å². The van der Waals surface area contributed by atoms with Gasteiger partial charge < -0.3 is 4.74 Å². The number of carbonyl (C=O) groups excluding carboxylic acids is 1. The molecule has 0 spiro atoms. The van der Waals surface area contributed by atoms with Crippen molar-refractivity contribution in [3.8, 4) is 0 Å². The average molecular weight is 318 g/mol. The molecule has 1 aromatic rings. The van der Waals surface area contributed by atoms with Crippen LogP contribution in [-0.4, -0.2) is 5.97 Å². The van der Waals surface area contributed by atoms with Crippen molar-refractivity contribution >= 4 is 5.97 Å². The Hall–Kier alpha value is -1.59. The molecule has 0 saturated heterocycles. The van der Waals surface area contributed by atoms with Crippen LogP contribution in [0.4, 0.5) is 17.6 Å². The zero-order valence-electron chi connectivity index (χ0n) is 12.7. The van der Waals surface area contributed by atoms with E-state index in [9.17, 15) is 22.4 Å². The molecule has 6 heteroatoms. The fourth-order valence-electron chi connectivity index (χ4n) is 2.93. The zero-order chi connectivity index (χ0) is 16.7. The summed E-state index contributed by atoms with van der Waals surface area (Å²) in [5.74, 6) is -1.72. The summed E-state index contributed by atoms with van der Waals surface area (Å²) < 4.78 is 58.9. The summed E-state index contributed by atoms with van der Waals surface area (Å²) in [5.41, 5.74) is -2.35. The molecule has 1 unspecified atom stereocenters. The maximum absolute atomic E-state index is 14.2.